The van der Waals surface area contributed by atoms with E-state index in [9.17, 15) is 58.8 Å². The number of hydrogen-bond acceptors (Lipinski definition) is 8. The lowest BCUT2D eigenvalue weighted by molar-refractivity contribution is 0.0676. The van der Waals surface area contributed by atoms with E-state index in [4.69, 9.17) is 0 Å². The number of aryl methyl sites for hydroxylation is 2. The standard InChI is InChI=1S/C33H22N6O12/c1-12-20(26(40)34-24-22(12)28(42)38(36-24)18-8-14(30(44)45)6-15(9-18)31(46)47)4-3-5-21-13(2)23-25(35-27(21)41)37-39(29(23)43)19-10-16(32(48)49)7-17(11-19)33(50)51/h4-11H,1-2H3,(H,44,45)(H,46,47)(H,48,49)(H,50,51)(H2,34,36,40)(H2,35,37,41). The van der Waals surface area contributed by atoms with Gasteiger partial charge in [-0.3, -0.25) is 29.4 Å². The highest BCUT2D eigenvalue weighted by Gasteiger charge is 2.20. The van der Waals surface area contributed by atoms with E-state index in [-0.39, 0.29) is 55.7 Å². The topological polar surface area (TPSA) is 290 Å². The molecule has 256 valence electrons. The Kier molecular flexibility index (Phi) is 7.85. The molecule has 0 saturated heterocycles. The predicted octanol–water partition coefficient (Wildman–Crippen LogP) is 2.06. The number of nitrogens with zero attached hydrogens (tertiary/aromatic N) is 2. The fourth-order valence-electron chi connectivity index (χ4n) is 5.62. The number of benzene rings is 2. The Morgan fingerprint density at radius 1 is 0.569 bits per heavy atom. The van der Waals surface area contributed by atoms with Crippen LogP contribution < -0.4 is 22.2 Å². The molecule has 0 radical (unpaired) electrons. The van der Waals surface area contributed by atoms with Crippen molar-refractivity contribution in [2.75, 3.05) is 0 Å². The Bertz CT molecular complexity index is 2610. The molecule has 6 aromatic rings. The normalized spacial score (nSPS) is 11.0. The molecule has 0 unspecified atom stereocenters. The Labute approximate surface area is 280 Å². The number of aromatic carboxylic acids is 4. The van der Waals surface area contributed by atoms with Gasteiger partial charge in [-0.25, -0.2) is 28.5 Å². The SMILES string of the molecule is Cc1c(C=C=Cc2c(C)c3c(=O)n(-c4cc(C(=O)O)cc(C(=O)O)c4)[nH]c3[nH]c2=O)c(=O)[nH]c2[nH]n(-c3cc(C(=O)O)cc(C(=O)O)c3)c(=O)c12. The Morgan fingerprint density at radius 3 is 1.18 bits per heavy atom. The minimum atomic E-state index is -1.43. The van der Waals surface area contributed by atoms with Crippen LogP contribution in [0.5, 0.6) is 0 Å². The molecular formula is C33H22N6O12. The number of carbonyl (C=O) groups is 4. The molecule has 8 N–H and O–H groups in total. The first kappa shape index (κ1) is 33.2. The molecule has 0 atom stereocenters. The van der Waals surface area contributed by atoms with E-state index in [1.54, 1.807) is 0 Å². The summed E-state index contributed by atoms with van der Waals surface area (Å²) in [5, 5.41) is 43.0. The van der Waals surface area contributed by atoms with Crippen LogP contribution in [0.2, 0.25) is 0 Å². The van der Waals surface area contributed by atoms with Gasteiger partial charge in [-0.1, -0.05) is 0 Å². The molecule has 4 aromatic heterocycles. The van der Waals surface area contributed by atoms with Crippen molar-refractivity contribution in [3.05, 3.63) is 128 Å². The number of aromatic nitrogens is 6. The van der Waals surface area contributed by atoms with E-state index >= 15 is 0 Å². The van der Waals surface area contributed by atoms with Crippen LogP contribution in [-0.4, -0.2) is 73.8 Å². The third-order valence-electron chi connectivity index (χ3n) is 8.10. The van der Waals surface area contributed by atoms with Crippen molar-refractivity contribution < 1.29 is 39.6 Å². The Balaban J connectivity index is 1.45. The Hall–Kier alpha value is -7.72. The molecule has 18 nitrogen and oxygen atoms in total. The largest absolute Gasteiger partial charge is 0.478 e. The maximum Gasteiger partial charge on any atom is 0.335 e. The zero-order valence-electron chi connectivity index (χ0n) is 26.1. The van der Waals surface area contributed by atoms with Crippen LogP contribution in [0.4, 0.5) is 0 Å². The van der Waals surface area contributed by atoms with Gasteiger partial charge in [-0.15, -0.1) is 5.73 Å². The van der Waals surface area contributed by atoms with Crippen LogP contribution in [0.3, 0.4) is 0 Å². The van der Waals surface area contributed by atoms with Crippen LogP contribution in [0, 0.1) is 13.8 Å². The second-order valence-electron chi connectivity index (χ2n) is 11.2. The maximum atomic E-state index is 13.5. The van der Waals surface area contributed by atoms with Crippen LogP contribution in [0.15, 0.2) is 61.3 Å². The van der Waals surface area contributed by atoms with E-state index in [0.29, 0.717) is 0 Å². The molecule has 0 aliphatic rings. The molecule has 18 heteroatoms. The summed E-state index contributed by atoms with van der Waals surface area (Å²) in [6.07, 6.45) is 2.39. The fourth-order valence-corrected chi connectivity index (χ4v) is 5.62. The summed E-state index contributed by atoms with van der Waals surface area (Å²) in [7, 11) is 0. The average Bonchev–Trinajstić information content (AvgIpc) is 3.58. The summed E-state index contributed by atoms with van der Waals surface area (Å²) >= 11 is 0. The molecule has 6 rings (SSSR count). The first-order valence-electron chi connectivity index (χ1n) is 14.5. The highest BCUT2D eigenvalue weighted by molar-refractivity contribution is 5.96. The number of H-pyrrole nitrogens is 4. The number of carboxylic acids is 4. The quantitative estimate of drug-likeness (QED) is 0.106. The molecule has 51 heavy (non-hydrogen) atoms. The van der Waals surface area contributed by atoms with Crippen molar-refractivity contribution in [3.63, 3.8) is 0 Å². The molecule has 2 aromatic carbocycles. The highest BCUT2D eigenvalue weighted by Crippen LogP contribution is 2.20. The van der Waals surface area contributed by atoms with Gasteiger partial charge in [-0.05, 0) is 73.5 Å². The van der Waals surface area contributed by atoms with Crippen LogP contribution in [-0.2, 0) is 0 Å². The number of nitrogens with one attached hydrogen (secondary N) is 4. The molecule has 0 fully saturated rings. The van der Waals surface area contributed by atoms with Gasteiger partial charge in [0.15, 0.2) is 0 Å². The van der Waals surface area contributed by atoms with E-state index in [2.05, 4.69) is 25.9 Å². The summed E-state index contributed by atoms with van der Waals surface area (Å²) in [5.41, 5.74) is -1.73. The van der Waals surface area contributed by atoms with Gasteiger partial charge in [-0.2, -0.15) is 0 Å². The lowest BCUT2D eigenvalue weighted by atomic mass is 10.1. The number of pyridine rings is 2. The summed E-state index contributed by atoms with van der Waals surface area (Å²) in [6.45, 7) is 2.92. The van der Waals surface area contributed by atoms with Crippen molar-refractivity contribution in [2.24, 2.45) is 0 Å². The van der Waals surface area contributed by atoms with Gasteiger partial charge in [0.2, 0.25) is 0 Å². The molecule has 0 spiro atoms. The maximum absolute atomic E-state index is 13.5. The van der Waals surface area contributed by atoms with E-state index in [1.165, 1.54) is 26.0 Å². The van der Waals surface area contributed by atoms with Gasteiger partial charge in [0, 0.05) is 0 Å². The smallest absolute Gasteiger partial charge is 0.335 e. The van der Waals surface area contributed by atoms with Crippen LogP contribution >= 0.6 is 0 Å². The summed E-state index contributed by atoms with van der Waals surface area (Å²) in [5.74, 6) is -5.71. The minimum Gasteiger partial charge on any atom is -0.478 e. The summed E-state index contributed by atoms with van der Waals surface area (Å²) in [6, 6.07) is 6.19. The first-order chi connectivity index (χ1) is 24.1. The fraction of sp³-hybridized carbons (Fsp3) is 0.0606. The van der Waals surface area contributed by atoms with Crippen molar-refractivity contribution in [3.8, 4) is 11.4 Å². The zero-order chi connectivity index (χ0) is 37.0. The summed E-state index contributed by atoms with van der Waals surface area (Å²) < 4.78 is 1.77. The van der Waals surface area contributed by atoms with Gasteiger partial charge >= 0.3 is 23.9 Å². The molecule has 0 bridgehead atoms. The number of aromatic amines is 4. The lowest BCUT2D eigenvalue weighted by Gasteiger charge is -2.05. The van der Waals surface area contributed by atoms with E-state index < -0.39 is 68.4 Å². The van der Waals surface area contributed by atoms with Gasteiger partial charge in [0.25, 0.3) is 22.2 Å². The molecular weight excluding hydrogens is 672 g/mol. The predicted molar refractivity (Wildman–Crippen MR) is 179 cm³/mol. The van der Waals surface area contributed by atoms with Crippen molar-refractivity contribution >= 4 is 58.1 Å². The van der Waals surface area contributed by atoms with Crippen molar-refractivity contribution in [1.82, 2.24) is 29.5 Å². The number of carboxylic acid groups (broad SMARTS) is 4. The van der Waals surface area contributed by atoms with E-state index in [0.717, 1.165) is 45.8 Å². The van der Waals surface area contributed by atoms with Gasteiger partial charge in [0.1, 0.15) is 11.3 Å². The molecule has 0 aliphatic heterocycles. The zero-order valence-corrected chi connectivity index (χ0v) is 26.1. The van der Waals surface area contributed by atoms with Gasteiger partial charge in [0.05, 0.1) is 55.5 Å². The third kappa shape index (κ3) is 5.64. The van der Waals surface area contributed by atoms with Crippen molar-refractivity contribution in [1.29, 1.82) is 0 Å². The summed E-state index contributed by atoms with van der Waals surface area (Å²) in [4.78, 5) is 104. The molecule has 0 aliphatic carbocycles. The van der Waals surface area contributed by atoms with Gasteiger partial charge < -0.3 is 30.4 Å². The second-order valence-corrected chi connectivity index (χ2v) is 11.2. The minimum absolute atomic E-state index is 0.0124. The average molecular weight is 695 g/mol. The van der Waals surface area contributed by atoms with Crippen LogP contribution in [0.1, 0.15) is 63.7 Å². The van der Waals surface area contributed by atoms with Crippen molar-refractivity contribution in [2.45, 2.75) is 13.8 Å². The lowest BCUT2D eigenvalue weighted by Crippen LogP contribution is -2.17. The number of fused-ring (bicyclic) bond motifs is 2. The van der Waals surface area contributed by atoms with Crippen LogP contribution in [0.25, 0.3) is 45.6 Å². The first-order valence-corrected chi connectivity index (χ1v) is 14.5. The molecule has 0 saturated carbocycles. The second kappa shape index (κ2) is 12.1. The number of rotatable bonds is 8. The number of hydrogen-bond donors (Lipinski definition) is 8. The molecule has 0 amide bonds. The molecule has 4 heterocycles. The Morgan fingerprint density at radius 2 is 0.882 bits per heavy atom. The monoisotopic (exact) mass is 694 g/mol. The third-order valence-corrected chi connectivity index (χ3v) is 8.10. The highest BCUT2D eigenvalue weighted by atomic mass is 16.4. The van der Waals surface area contributed by atoms with E-state index in [1.807, 2.05) is 0 Å².